The SMILES string of the molecule is CCC1(C(C)C)C(C)C1Cl. The molecule has 1 fully saturated rings. The quantitative estimate of drug-likeness (QED) is 0.544. The standard InChI is InChI=1S/C9H17Cl/c1-5-9(6(2)3)7(4)8(9)10/h6-8H,5H2,1-4H3. The lowest BCUT2D eigenvalue weighted by atomic mass is 9.87. The van der Waals surface area contributed by atoms with Crippen LogP contribution in [0.1, 0.15) is 34.1 Å². The van der Waals surface area contributed by atoms with Gasteiger partial charge in [-0.2, -0.15) is 0 Å². The lowest BCUT2D eigenvalue weighted by molar-refractivity contribution is 0.320. The molecule has 0 aliphatic heterocycles. The molecular formula is C9H17Cl. The second-order valence-electron chi connectivity index (χ2n) is 3.81. The maximum Gasteiger partial charge on any atom is 0.0429 e. The van der Waals surface area contributed by atoms with Crippen LogP contribution in [0.5, 0.6) is 0 Å². The molecule has 1 aliphatic rings. The van der Waals surface area contributed by atoms with E-state index in [9.17, 15) is 0 Å². The minimum Gasteiger partial charge on any atom is -0.122 e. The Morgan fingerprint density at radius 2 is 1.90 bits per heavy atom. The van der Waals surface area contributed by atoms with Gasteiger partial charge in [0.25, 0.3) is 0 Å². The first-order valence-corrected chi connectivity index (χ1v) is 4.65. The fraction of sp³-hybridized carbons (Fsp3) is 1.00. The average molecular weight is 161 g/mol. The normalized spacial score (nSPS) is 46.2. The number of rotatable bonds is 2. The molecule has 10 heavy (non-hydrogen) atoms. The summed E-state index contributed by atoms with van der Waals surface area (Å²) in [5, 5.41) is 0.442. The van der Waals surface area contributed by atoms with Crippen molar-refractivity contribution in [3.05, 3.63) is 0 Å². The average Bonchev–Trinajstić information content (AvgIpc) is 2.38. The van der Waals surface area contributed by atoms with Crippen molar-refractivity contribution in [1.29, 1.82) is 0 Å². The minimum atomic E-state index is 0.442. The molecule has 0 aromatic carbocycles. The van der Waals surface area contributed by atoms with Crippen LogP contribution in [-0.4, -0.2) is 5.38 Å². The van der Waals surface area contributed by atoms with Crippen LogP contribution in [0.2, 0.25) is 0 Å². The zero-order valence-corrected chi connectivity index (χ0v) is 8.07. The number of hydrogen-bond acceptors (Lipinski definition) is 0. The van der Waals surface area contributed by atoms with E-state index in [-0.39, 0.29) is 0 Å². The van der Waals surface area contributed by atoms with Gasteiger partial charge in [0.1, 0.15) is 0 Å². The van der Waals surface area contributed by atoms with Crippen molar-refractivity contribution >= 4 is 11.6 Å². The highest BCUT2D eigenvalue weighted by atomic mass is 35.5. The first-order valence-electron chi connectivity index (χ1n) is 4.21. The van der Waals surface area contributed by atoms with E-state index in [1.807, 2.05) is 0 Å². The summed E-state index contributed by atoms with van der Waals surface area (Å²) >= 11 is 6.15. The summed E-state index contributed by atoms with van der Waals surface area (Å²) in [6.45, 7) is 9.07. The highest BCUT2D eigenvalue weighted by molar-refractivity contribution is 6.23. The lowest BCUT2D eigenvalue weighted by Gasteiger charge is -2.18. The van der Waals surface area contributed by atoms with Crippen LogP contribution in [0.3, 0.4) is 0 Å². The molecule has 3 atom stereocenters. The molecule has 0 heterocycles. The Kier molecular flexibility index (Phi) is 2.02. The molecule has 0 radical (unpaired) electrons. The van der Waals surface area contributed by atoms with Crippen molar-refractivity contribution < 1.29 is 0 Å². The van der Waals surface area contributed by atoms with Gasteiger partial charge in [0.2, 0.25) is 0 Å². The van der Waals surface area contributed by atoms with Crippen molar-refractivity contribution in [3.63, 3.8) is 0 Å². The highest BCUT2D eigenvalue weighted by Gasteiger charge is 2.61. The van der Waals surface area contributed by atoms with E-state index in [0.717, 1.165) is 11.8 Å². The summed E-state index contributed by atoms with van der Waals surface area (Å²) in [5.41, 5.74) is 0.474. The second-order valence-corrected chi connectivity index (χ2v) is 4.28. The maximum absolute atomic E-state index is 6.15. The summed E-state index contributed by atoms with van der Waals surface area (Å²) in [7, 11) is 0. The van der Waals surface area contributed by atoms with E-state index in [4.69, 9.17) is 11.6 Å². The van der Waals surface area contributed by atoms with Gasteiger partial charge in [-0.25, -0.2) is 0 Å². The van der Waals surface area contributed by atoms with Gasteiger partial charge in [-0.15, -0.1) is 11.6 Å². The second kappa shape index (κ2) is 2.41. The van der Waals surface area contributed by atoms with Crippen molar-refractivity contribution in [2.75, 3.05) is 0 Å². The van der Waals surface area contributed by atoms with Crippen LogP contribution in [0.15, 0.2) is 0 Å². The molecule has 0 amide bonds. The molecule has 0 nitrogen and oxygen atoms in total. The van der Waals surface area contributed by atoms with Gasteiger partial charge in [0.05, 0.1) is 0 Å². The van der Waals surface area contributed by atoms with Gasteiger partial charge in [0.15, 0.2) is 0 Å². The van der Waals surface area contributed by atoms with Gasteiger partial charge in [-0.1, -0.05) is 27.7 Å². The Hall–Kier alpha value is 0.290. The molecule has 0 bridgehead atoms. The largest absolute Gasteiger partial charge is 0.122 e. The highest BCUT2D eigenvalue weighted by Crippen LogP contribution is 2.62. The Balaban J connectivity index is 2.66. The summed E-state index contributed by atoms with van der Waals surface area (Å²) in [6, 6.07) is 0. The Labute approximate surface area is 69.0 Å². The van der Waals surface area contributed by atoms with Gasteiger partial charge in [-0.3, -0.25) is 0 Å². The molecule has 60 valence electrons. The van der Waals surface area contributed by atoms with E-state index in [1.54, 1.807) is 0 Å². The maximum atomic E-state index is 6.15. The first-order chi connectivity index (χ1) is 4.57. The van der Waals surface area contributed by atoms with Gasteiger partial charge in [0, 0.05) is 5.38 Å². The van der Waals surface area contributed by atoms with Crippen molar-refractivity contribution in [2.45, 2.75) is 39.5 Å². The van der Waals surface area contributed by atoms with Gasteiger partial charge in [-0.05, 0) is 23.7 Å². The number of alkyl halides is 1. The molecular weight excluding hydrogens is 144 g/mol. The summed E-state index contributed by atoms with van der Waals surface area (Å²) in [5.74, 6) is 1.48. The Bertz CT molecular complexity index is 111. The predicted octanol–water partition coefficient (Wildman–Crippen LogP) is 3.30. The monoisotopic (exact) mass is 160 g/mol. The zero-order chi connectivity index (χ0) is 7.94. The zero-order valence-electron chi connectivity index (χ0n) is 7.32. The van der Waals surface area contributed by atoms with E-state index < -0.39 is 0 Å². The summed E-state index contributed by atoms with van der Waals surface area (Å²) < 4.78 is 0. The van der Waals surface area contributed by atoms with Crippen molar-refractivity contribution in [1.82, 2.24) is 0 Å². The third-order valence-electron chi connectivity index (χ3n) is 3.38. The predicted molar refractivity (Wildman–Crippen MR) is 46.4 cm³/mol. The van der Waals surface area contributed by atoms with Crippen molar-refractivity contribution in [2.24, 2.45) is 17.3 Å². The Morgan fingerprint density at radius 1 is 1.50 bits per heavy atom. The fourth-order valence-electron chi connectivity index (χ4n) is 2.37. The molecule has 0 saturated heterocycles. The molecule has 0 N–H and O–H groups in total. The van der Waals surface area contributed by atoms with Crippen molar-refractivity contribution in [3.8, 4) is 0 Å². The van der Waals surface area contributed by atoms with E-state index in [1.165, 1.54) is 6.42 Å². The summed E-state index contributed by atoms with van der Waals surface area (Å²) in [4.78, 5) is 0. The minimum absolute atomic E-state index is 0.442. The molecule has 0 aromatic rings. The van der Waals surface area contributed by atoms with Crippen LogP contribution >= 0.6 is 11.6 Å². The summed E-state index contributed by atoms with van der Waals surface area (Å²) in [6.07, 6.45) is 1.24. The van der Waals surface area contributed by atoms with Crippen LogP contribution in [0, 0.1) is 17.3 Å². The molecule has 1 rings (SSSR count). The molecule has 3 unspecified atom stereocenters. The third-order valence-corrected chi connectivity index (χ3v) is 4.16. The number of hydrogen-bond donors (Lipinski definition) is 0. The fourth-order valence-corrected chi connectivity index (χ4v) is 3.13. The first kappa shape index (κ1) is 8.39. The topological polar surface area (TPSA) is 0 Å². The molecule has 1 aliphatic carbocycles. The molecule has 0 spiro atoms. The lowest BCUT2D eigenvalue weighted by Crippen LogP contribution is -2.12. The van der Waals surface area contributed by atoms with Gasteiger partial charge < -0.3 is 0 Å². The Morgan fingerprint density at radius 3 is 1.90 bits per heavy atom. The number of halogens is 1. The molecule has 1 heteroatoms. The molecule has 0 aromatic heterocycles. The van der Waals surface area contributed by atoms with Crippen LogP contribution in [-0.2, 0) is 0 Å². The van der Waals surface area contributed by atoms with Crippen LogP contribution < -0.4 is 0 Å². The smallest absolute Gasteiger partial charge is 0.0429 e. The van der Waals surface area contributed by atoms with E-state index in [0.29, 0.717) is 10.8 Å². The molecule has 1 saturated carbocycles. The van der Waals surface area contributed by atoms with Crippen LogP contribution in [0.25, 0.3) is 0 Å². The third kappa shape index (κ3) is 0.812. The van der Waals surface area contributed by atoms with Gasteiger partial charge >= 0.3 is 0 Å². The van der Waals surface area contributed by atoms with E-state index in [2.05, 4.69) is 27.7 Å². The van der Waals surface area contributed by atoms with Crippen LogP contribution in [0.4, 0.5) is 0 Å². The van der Waals surface area contributed by atoms with E-state index >= 15 is 0 Å².